The maximum atomic E-state index is 4.09. The van der Waals surface area contributed by atoms with Crippen LogP contribution < -0.4 is 0 Å². The molecule has 0 N–H and O–H groups in total. The van der Waals surface area contributed by atoms with E-state index in [9.17, 15) is 0 Å². The van der Waals surface area contributed by atoms with Crippen molar-refractivity contribution >= 4 is 159 Å². The molecule has 1 aliphatic rings. The van der Waals surface area contributed by atoms with Gasteiger partial charge in [-0.2, -0.15) is 0 Å². The Labute approximate surface area is 240 Å². The van der Waals surface area contributed by atoms with E-state index in [0.717, 1.165) is 0 Å². The fourth-order valence-corrected chi connectivity index (χ4v) is 14.6. The third-order valence-corrected chi connectivity index (χ3v) is 26.2. The molecule has 2 rings (SSSR count). The third kappa shape index (κ3) is 4.17. The van der Waals surface area contributed by atoms with E-state index in [1.165, 1.54) is 5.56 Å². The summed E-state index contributed by atoms with van der Waals surface area (Å²) in [5.74, 6) is 0.141. The lowest BCUT2D eigenvalue weighted by molar-refractivity contribution is 0.377. The molecule has 0 radical (unpaired) electrons. The second-order valence-corrected chi connectivity index (χ2v) is 21.7. The van der Waals surface area contributed by atoms with E-state index >= 15 is 0 Å². The van der Waals surface area contributed by atoms with E-state index in [2.05, 4.69) is 190 Å². The van der Waals surface area contributed by atoms with Crippen LogP contribution in [0.25, 0.3) is 0 Å². The van der Waals surface area contributed by atoms with Crippen molar-refractivity contribution in [2.24, 2.45) is 0 Å². The Morgan fingerprint density at radius 2 is 1.15 bits per heavy atom. The highest BCUT2D eigenvalue weighted by atomic mass is 79.9. The molecule has 150 valence electrons. The van der Waals surface area contributed by atoms with E-state index < -0.39 is 17.3 Å². The van der Waals surface area contributed by atoms with E-state index in [4.69, 9.17) is 0 Å². The average Bonchev–Trinajstić information content (AvgIpc) is 2.60. The summed E-state index contributed by atoms with van der Waals surface area (Å²) in [4.78, 5) is -0.0616. The van der Waals surface area contributed by atoms with E-state index in [-0.39, 0.29) is 10.7 Å². The molecule has 3 atom stereocenters. The Balaban J connectivity index is 0.00000163. The molecule has 26 heavy (non-hydrogen) atoms. The van der Waals surface area contributed by atoms with Gasteiger partial charge in [-0.1, -0.05) is 210 Å². The Morgan fingerprint density at radius 3 is 1.58 bits per heavy atom. The van der Waals surface area contributed by atoms with Crippen LogP contribution in [0.3, 0.4) is 0 Å². The molecule has 0 nitrogen and oxygen atoms in total. The van der Waals surface area contributed by atoms with Gasteiger partial charge in [0.25, 0.3) is 0 Å². The zero-order valence-corrected chi connectivity index (χ0v) is 29.7. The second kappa shape index (κ2) is 9.88. The van der Waals surface area contributed by atoms with Crippen LogP contribution in [0.4, 0.5) is 0 Å². The van der Waals surface area contributed by atoms with Gasteiger partial charge in [-0.05, 0) is 11.5 Å². The Kier molecular flexibility index (Phi) is 10.7. The van der Waals surface area contributed by atoms with Crippen molar-refractivity contribution in [1.82, 2.24) is 0 Å². The number of alkyl halides is 10. The summed E-state index contributed by atoms with van der Waals surface area (Å²) >= 11 is 39.0. The molecule has 0 saturated heterocycles. The molecular formula is C16H16Br10. The van der Waals surface area contributed by atoms with Gasteiger partial charge in [-0.3, -0.25) is 0 Å². The van der Waals surface area contributed by atoms with Gasteiger partial charge in [-0.15, -0.1) is 0 Å². The van der Waals surface area contributed by atoms with Crippen molar-refractivity contribution in [3.63, 3.8) is 0 Å². The van der Waals surface area contributed by atoms with Gasteiger partial charge in [0.1, 0.15) is 12.9 Å². The SMILES string of the molecule is CC.CC(c1ccccc1)C1(Br)C(Br)C(Br)(Br)C(Br)(Br)C(Br)(Br)C1(Br)Br. The molecule has 1 aliphatic carbocycles. The minimum atomic E-state index is -0.649. The molecule has 0 spiro atoms. The van der Waals surface area contributed by atoms with E-state index in [0.29, 0.717) is 0 Å². The van der Waals surface area contributed by atoms with Crippen LogP contribution >= 0.6 is 159 Å². The summed E-state index contributed by atoms with van der Waals surface area (Å²) in [5, 5.41) is 0. The van der Waals surface area contributed by atoms with Crippen molar-refractivity contribution in [2.75, 3.05) is 0 Å². The standard InChI is InChI=1S/C14H10Br10.C2H6/c1-7(8-5-3-2-4-6-8)10(16)9(15)11(17,18)13(21,22)14(23,24)12(10,19)20;1-2/h2-7,9H,1H3;1-2H3. The van der Waals surface area contributed by atoms with Crippen molar-refractivity contribution in [2.45, 2.75) is 48.8 Å². The second-order valence-electron chi connectivity index (χ2n) is 5.61. The Morgan fingerprint density at radius 1 is 0.731 bits per heavy atom. The first-order valence-electron chi connectivity index (χ1n) is 7.56. The summed E-state index contributed by atoms with van der Waals surface area (Å²) in [6.45, 7) is 6.21. The Bertz CT molecular complexity index is 613. The predicted molar refractivity (Wildman–Crippen MR) is 153 cm³/mol. The summed E-state index contributed by atoms with van der Waals surface area (Å²) in [6, 6.07) is 10.4. The lowest BCUT2D eigenvalue weighted by Gasteiger charge is -2.64. The average molecular weight is 1010 g/mol. The minimum absolute atomic E-state index is 0.0616. The van der Waals surface area contributed by atoms with Crippen LogP contribution in [0, 0.1) is 0 Å². The molecule has 1 aromatic carbocycles. The molecule has 1 fully saturated rings. The van der Waals surface area contributed by atoms with Crippen molar-refractivity contribution in [3.8, 4) is 0 Å². The molecule has 0 aliphatic heterocycles. The number of hydrogen-bond acceptors (Lipinski definition) is 0. The maximum absolute atomic E-state index is 4.09. The highest BCUT2D eigenvalue weighted by Crippen LogP contribution is 2.79. The zero-order valence-electron chi connectivity index (χ0n) is 13.8. The summed E-state index contributed by atoms with van der Waals surface area (Å²) < 4.78 is -2.90. The van der Waals surface area contributed by atoms with Crippen molar-refractivity contribution in [1.29, 1.82) is 0 Å². The molecular weight excluding hydrogens is 991 g/mol. The summed E-state index contributed by atoms with van der Waals surface area (Å²) in [6.07, 6.45) is 0. The van der Waals surface area contributed by atoms with Crippen LogP contribution in [-0.2, 0) is 0 Å². The number of benzene rings is 1. The van der Waals surface area contributed by atoms with Crippen LogP contribution in [0.5, 0.6) is 0 Å². The predicted octanol–water partition coefficient (Wildman–Crippen LogP) is 10.7. The smallest absolute Gasteiger partial charge is 0.0849 e. The largest absolute Gasteiger partial charge is 0.134 e. The number of halogens is 10. The monoisotopic (exact) mass is 997 g/mol. The quantitative estimate of drug-likeness (QED) is 0.259. The van der Waals surface area contributed by atoms with Gasteiger partial charge in [0, 0.05) is 0 Å². The zero-order chi connectivity index (χ0) is 20.8. The maximum Gasteiger partial charge on any atom is 0.134 e. The molecule has 3 unspecified atom stereocenters. The summed E-state index contributed by atoms with van der Waals surface area (Å²) in [7, 11) is 0. The van der Waals surface area contributed by atoms with Gasteiger partial charge in [-0.25, -0.2) is 0 Å². The van der Waals surface area contributed by atoms with Crippen molar-refractivity contribution < 1.29 is 0 Å². The molecule has 0 amide bonds. The lowest BCUT2D eigenvalue weighted by atomic mass is 9.76. The molecule has 0 bridgehead atoms. The van der Waals surface area contributed by atoms with Crippen LogP contribution in [0.2, 0.25) is 0 Å². The molecule has 0 aromatic heterocycles. The van der Waals surface area contributed by atoms with Gasteiger partial charge < -0.3 is 0 Å². The molecule has 1 saturated carbocycles. The first kappa shape index (κ1) is 28.1. The highest BCUT2D eigenvalue weighted by Gasteiger charge is 2.80. The lowest BCUT2D eigenvalue weighted by Crippen LogP contribution is -2.75. The van der Waals surface area contributed by atoms with Gasteiger partial charge in [0.05, 0.1) is 9.15 Å². The van der Waals surface area contributed by atoms with E-state index in [1.54, 1.807) is 0 Å². The minimum Gasteiger partial charge on any atom is -0.0849 e. The Hall–Kier alpha value is 4.02. The fraction of sp³-hybridized carbons (Fsp3) is 0.625. The van der Waals surface area contributed by atoms with Gasteiger partial charge in [0.15, 0.2) is 0 Å². The fourth-order valence-electron chi connectivity index (χ4n) is 2.70. The molecule has 1 aromatic rings. The van der Waals surface area contributed by atoms with E-state index in [1.807, 2.05) is 19.9 Å². The van der Waals surface area contributed by atoms with Crippen LogP contribution in [0.15, 0.2) is 30.3 Å². The van der Waals surface area contributed by atoms with Gasteiger partial charge >= 0.3 is 0 Å². The summed E-state index contributed by atoms with van der Waals surface area (Å²) in [5.41, 5.74) is 1.23. The van der Waals surface area contributed by atoms with Gasteiger partial charge in [0.2, 0.25) is 0 Å². The normalized spacial score (nSPS) is 32.1. The topological polar surface area (TPSA) is 0 Å². The molecule has 0 heterocycles. The first-order valence-corrected chi connectivity index (χ1v) is 15.6. The van der Waals surface area contributed by atoms with Crippen LogP contribution in [-0.4, -0.2) is 22.1 Å². The van der Waals surface area contributed by atoms with Crippen LogP contribution in [0.1, 0.15) is 32.3 Å². The first-order chi connectivity index (χ1) is 11.7. The number of rotatable bonds is 2. The van der Waals surface area contributed by atoms with Crippen molar-refractivity contribution in [3.05, 3.63) is 35.9 Å². The molecule has 10 heteroatoms. The number of hydrogen-bond donors (Lipinski definition) is 0. The highest BCUT2D eigenvalue weighted by molar-refractivity contribution is 9.35. The third-order valence-electron chi connectivity index (χ3n) is 4.31.